The Kier molecular flexibility index (Phi) is 5.46. The molecule has 2 N–H and O–H groups in total. The van der Waals surface area contributed by atoms with Crippen molar-refractivity contribution in [1.29, 1.82) is 0 Å². The van der Waals surface area contributed by atoms with Crippen molar-refractivity contribution in [1.82, 2.24) is 19.8 Å². The zero-order valence-electron chi connectivity index (χ0n) is 16.5. The zero-order valence-corrected chi connectivity index (χ0v) is 16.5. The molecule has 2 aromatic heterocycles. The lowest BCUT2D eigenvalue weighted by atomic mass is 10.1. The Morgan fingerprint density at radius 3 is 2.55 bits per heavy atom. The Morgan fingerprint density at radius 1 is 1.07 bits per heavy atom. The summed E-state index contributed by atoms with van der Waals surface area (Å²) in [6.07, 6.45) is 4.55. The number of benzene rings is 1. The molecule has 0 saturated carbocycles. The zero-order chi connectivity index (χ0) is 20.2. The van der Waals surface area contributed by atoms with Crippen molar-refractivity contribution < 1.29 is 9.59 Å². The van der Waals surface area contributed by atoms with Crippen LogP contribution in [0.4, 0.5) is 5.82 Å². The highest BCUT2D eigenvalue weighted by Gasteiger charge is 2.23. The van der Waals surface area contributed by atoms with Gasteiger partial charge in [0, 0.05) is 62.9 Å². The molecule has 150 valence electrons. The van der Waals surface area contributed by atoms with Gasteiger partial charge in [-0.15, -0.1) is 0 Å². The number of amides is 2. The van der Waals surface area contributed by atoms with Gasteiger partial charge in [-0.05, 0) is 30.2 Å². The van der Waals surface area contributed by atoms with Gasteiger partial charge in [-0.1, -0.05) is 18.2 Å². The molecule has 3 aromatic rings. The van der Waals surface area contributed by atoms with E-state index in [0.29, 0.717) is 31.7 Å². The maximum Gasteiger partial charge on any atom is 0.255 e. The van der Waals surface area contributed by atoms with Crippen molar-refractivity contribution in [3.8, 4) is 0 Å². The van der Waals surface area contributed by atoms with Crippen molar-refractivity contribution in [2.24, 2.45) is 0 Å². The molecule has 1 aromatic carbocycles. The van der Waals surface area contributed by atoms with Crippen LogP contribution in [-0.2, 0) is 11.2 Å². The van der Waals surface area contributed by atoms with Crippen LogP contribution < -0.4 is 5.32 Å². The van der Waals surface area contributed by atoms with Crippen LogP contribution >= 0.6 is 0 Å². The maximum absolute atomic E-state index is 12.6. The first kappa shape index (κ1) is 19.0. The standard InChI is InChI=1S/C22H25N5O2/c1-16(28)26-10-12-27(13-11-26)22(29)18-6-7-21(25-15-18)23-9-8-17-14-24-20-5-3-2-4-19(17)20/h2-7,14-15,24H,8-13H2,1H3,(H,23,25). The van der Waals surface area contributed by atoms with Gasteiger partial charge in [0.05, 0.1) is 5.56 Å². The summed E-state index contributed by atoms with van der Waals surface area (Å²) in [6, 6.07) is 11.9. The van der Waals surface area contributed by atoms with E-state index in [2.05, 4.69) is 27.4 Å². The average Bonchev–Trinajstić information content (AvgIpc) is 3.17. The molecule has 0 atom stereocenters. The Labute approximate surface area is 169 Å². The van der Waals surface area contributed by atoms with Gasteiger partial charge in [0.25, 0.3) is 5.91 Å². The minimum Gasteiger partial charge on any atom is -0.370 e. The van der Waals surface area contributed by atoms with E-state index < -0.39 is 0 Å². The third kappa shape index (κ3) is 4.23. The number of carbonyl (C=O) groups is 2. The van der Waals surface area contributed by atoms with Gasteiger partial charge in [-0.25, -0.2) is 4.98 Å². The second kappa shape index (κ2) is 8.34. The predicted molar refractivity (Wildman–Crippen MR) is 113 cm³/mol. The van der Waals surface area contributed by atoms with Crippen molar-refractivity contribution >= 4 is 28.5 Å². The molecule has 7 nitrogen and oxygen atoms in total. The van der Waals surface area contributed by atoms with E-state index in [1.54, 1.807) is 29.0 Å². The SMILES string of the molecule is CC(=O)N1CCN(C(=O)c2ccc(NCCc3c[nH]c4ccccc34)nc2)CC1. The molecule has 1 fully saturated rings. The van der Waals surface area contributed by atoms with Crippen LogP contribution in [0.3, 0.4) is 0 Å². The fourth-order valence-corrected chi connectivity index (χ4v) is 3.70. The summed E-state index contributed by atoms with van der Waals surface area (Å²) in [4.78, 5) is 35.3. The first-order chi connectivity index (χ1) is 14.1. The minimum atomic E-state index is -0.0361. The molecule has 0 radical (unpaired) electrons. The Hall–Kier alpha value is -3.35. The molecule has 1 aliphatic rings. The molecule has 4 rings (SSSR count). The number of anilines is 1. The van der Waals surface area contributed by atoms with Crippen molar-refractivity contribution in [2.75, 3.05) is 38.0 Å². The molecule has 29 heavy (non-hydrogen) atoms. The molecule has 1 aliphatic heterocycles. The number of aromatic amines is 1. The lowest BCUT2D eigenvalue weighted by Gasteiger charge is -2.34. The van der Waals surface area contributed by atoms with E-state index in [1.165, 1.54) is 10.9 Å². The maximum atomic E-state index is 12.6. The monoisotopic (exact) mass is 391 g/mol. The first-order valence-corrected chi connectivity index (χ1v) is 9.91. The van der Waals surface area contributed by atoms with E-state index in [9.17, 15) is 9.59 Å². The third-order valence-corrected chi connectivity index (χ3v) is 5.40. The number of carbonyl (C=O) groups excluding carboxylic acids is 2. The second-order valence-electron chi connectivity index (χ2n) is 7.27. The first-order valence-electron chi connectivity index (χ1n) is 9.91. The molecule has 7 heteroatoms. The summed E-state index contributed by atoms with van der Waals surface area (Å²) < 4.78 is 0. The van der Waals surface area contributed by atoms with Crippen molar-refractivity contribution in [2.45, 2.75) is 13.3 Å². The lowest BCUT2D eigenvalue weighted by molar-refractivity contribution is -0.130. The van der Waals surface area contributed by atoms with Crippen molar-refractivity contribution in [3.63, 3.8) is 0 Å². The van der Waals surface area contributed by atoms with E-state index >= 15 is 0 Å². The van der Waals surface area contributed by atoms with Crippen LogP contribution in [0.1, 0.15) is 22.8 Å². The number of piperazine rings is 1. The average molecular weight is 391 g/mol. The molecule has 0 unspecified atom stereocenters. The van der Waals surface area contributed by atoms with Gasteiger partial charge in [0.2, 0.25) is 5.91 Å². The van der Waals surface area contributed by atoms with Crippen LogP contribution in [0.25, 0.3) is 10.9 Å². The molecule has 1 saturated heterocycles. The molecule has 0 aliphatic carbocycles. The number of hydrogen-bond acceptors (Lipinski definition) is 4. The van der Waals surface area contributed by atoms with Crippen LogP contribution in [0.2, 0.25) is 0 Å². The summed E-state index contributed by atoms with van der Waals surface area (Å²) in [7, 11) is 0. The summed E-state index contributed by atoms with van der Waals surface area (Å²) in [5.41, 5.74) is 2.99. The van der Waals surface area contributed by atoms with E-state index in [4.69, 9.17) is 0 Å². The highest BCUT2D eigenvalue weighted by atomic mass is 16.2. The molecule has 2 amide bonds. The van der Waals surface area contributed by atoms with Crippen LogP contribution in [0, 0.1) is 0 Å². The number of nitrogens with one attached hydrogen (secondary N) is 2. The number of para-hydroxylation sites is 1. The highest BCUT2D eigenvalue weighted by Crippen LogP contribution is 2.18. The van der Waals surface area contributed by atoms with Gasteiger partial charge >= 0.3 is 0 Å². The van der Waals surface area contributed by atoms with Crippen molar-refractivity contribution in [3.05, 3.63) is 59.9 Å². The summed E-state index contributed by atoms with van der Waals surface area (Å²) in [6.45, 7) is 4.61. The van der Waals surface area contributed by atoms with Gasteiger partial charge in [-0.3, -0.25) is 9.59 Å². The lowest BCUT2D eigenvalue weighted by Crippen LogP contribution is -2.50. The Bertz CT molecular complexity index is 1000. The Balaban J connectivity index is 1.30. The van der Waals surface area contributed by atoms with Crippen LogP contribution in [0.15, 0.2) is 48.8 Å². The van der Waals surface area contributed by atoms with E-state index in [-0.39, 0.29) is 11.8 Å². The van der Waals surface area contributed by atoms with Gasteiger partial charge < -0.3 is 20.1 Å². The molecular weight excluding hydrogens is 366 g/mol. The largest absolute Gasteiger partial charge is 0.370 e. The summed E-state index contributed by atoms with van der Waals surface area (Å²) in [5, 5.41) is 4.56. The van der Waals surface area contributed by atoms with E-state index in [1.807, 2.05) is 24.4 Å². The number of H-pyrrole nitrogens is 1. The topological polar surface area (TPSA) is 81.3 Å². The van der Waals surface area contributed by atoms with Gasteiger partial charge in [0.1, 0.15) is 5.82 Å². The number of nitrogens with zero attached hydrogens (tertiary/aromatic N) is 3. The molecule has 3 heterocycles. The number of hydrogen-bond donors (Lipinski definition) is 2. The summed E-state index contributed by atoms with van der Waals surface area (Å²) >= 11 is 0. The minimum absolute atomic E-state index is 0.0361. The highest BCUT2D eigenvalue weighted by molar-refractivity contribution is 5.94. The van der Waals surface area contributed by atoms with Crippen LogP contribution in [-0.4, -0.2) is 64.3 Å². The molecule has 0 spiro atoms. The number of pyridine rings is 1. The molecular formula is C22H25N5O2. The number of fused-ring (bicyclic) bond motifs is 1. The fourth-order valence-electron chi connectivity index (χ4n) is 3.70. The normalized spacial score (nSPS) is 14.2. The summed E-state index contributed by atoms with van der Waals surface area (Å²) in [5.74, 6) is 0.774. The molecule has 0 bridgehead atoms. The van der Waals surface area contributed by atoms with E-state index in [0.717, 1.165) is 24.3 Å². The third-order valence-electron chi connectivity index (χ3n) is 5.40. The number of rotatable bonds is 5. The predicted octanol–water partition coefficient (Wildman–Crippen LogP) is 2.52. The quantitative estimate of drug-likeness (QED) is 0.700. The Morgan fingerprint density at radius 2 is 1.83 bits per heavy atom. The van der Waals surface area contributed by atoms with Crippen LogP contribution in [0.5, 0.6) is 0 Å². The second-order valence-corrected chi connectivity index (χ2v) is 7.27. The van der Waals surface area contributed by atoms with Gasteiger partial charge in [0.15, 0.2) is 0 Å². The number of aromatic nitrogens is 2. The van der Waals surface area contributed by atoms with Gasteiger partial charge in [-0.2, -0.15) is 0 Å². The fraction of sp³-hybridized carbons (Fsp3) is 0.318. The smallest absolute Gasteiger partial charge is 0.255 e.